The van der Waals surface area contributed by atoms with Gasteiger partial charge in [0.05, 0.1) is 18.8 Å². The van der Waals surface area contributed by atoms with Crippen LogP contribution in [0.1, 0.15) is 11.3 Å². The van der Waals surface area contributed by atoms with Crippen LogP contribution in [0.5, 0.6) is 0 Å². The fourth-order valence-electron chi connectivity index (χ4n) is 1.62. The zero-order valence-electron chi connectivity index (χ0n) is 10.0. The maximum Gasteiger partial charge on any atom is 0.407 e. The van der Waals surface area contributed by atoms with Crippen molar-refractivity contribution in [2.75, 3.05) is 4.41 Å². The van der Waals surface area contributed by atoms with Gasteiger partial charge in [0.1, 0.15) is 0 Å². The minimum Gasteiger partial charge on any atom is -0.465 e. The van der Waals surface area contributed by atoms with Gasteiger partial charge in [0.25, 0.3) is 17.2 Å². The van der Waals surface area contributed by atoms with Gasteiger partial charge in [-0.25, -0.2) is 19.0 Å². The van der Waals surface area contributed by atoms with Crippen LogP contribution in [-0.4, -0.2) is 40.8 Å². The van der Waals surface area contributed by atoms with Gasteiger partial charge in [-0.1, -0.05) is 0 Å². The Labute approximate surface area is 115 Å². The van der Waals surface area contributed by atoms with Gasteiger partial charge in [-0.3, -0.25) is 9.45 Å². The van der Waals surface area contributed by atoms with Gasteiger partial charge in [-0.2, -0.15) is 0 Å². The number of fused-ring (bicyclic) bond motifs is 1. The molecule has 0 radical (unpaired) electrons. The van der Waals surface area contributed by atoms with Crippen LogP contribution < -0.4 is 15.9 Å². The Morgan fingerprint density at radius 3 is 2.75 bits per heavy atom. The number of hydrazone groups is 1. The van der Waals surface area contributed by atoms with Crippen molar-refractivity contribution in [1.82, 2.24) is 14.9 Å². The molecule has 12 heteroatoms. The molecule has 6 N–H and O–H groups in total. The molecule has 2 heterocycles. The third kappa shape index (κ3) is 2.75. The van der Waals surface area contributed by atoms with Crippen molar-refractivity contribution in [2.24, 2.45) is 16.6 Å². The molecular weight excluding hydrogens is 290 g/mol. The summed E-state index contributed by atoms with van der Waals surface area (Å²) in [6.07, 6.45) is 0.277. The molecule has 1 atom stereocenters. The fraction of sp³-hybridized carbons (Fsp3) is 0.250. The third-order valence-electron chi connectivity index (χ3n) is 2.44. The lowest BCUT2D eigenvalue weighted by atomic mass is 10.3. The smallest absolute Gasteiger partial charge is 0.407 e. The van der Waals surface area contributed by atoms with Gasteiger partial charge in [0, 0.05) is 11.8 Å². The third-order valence-corrected chi connectivity index (χ3v) is 2.98. The number of hydrogen-bond donors (Lipinski definition) is 4. The lowest BCUT2D eigenvalue weighted by molar-refractivity contribution is 0.145. The highest BCUT2D eigenvalue weighted by Gasteiger charge is 2.26. The van der Waals surface area contributed by atoms with Crippen molar-refractivity contribution in [3.05, 3.63) is 17.5 Å². The number of carboxylic acid groups (broad SMARTS) is 1. The molecule has 108 valence electrons. The summed E-state index contributed by atoms with van der Waals surface area (Å²) in [5, 5.41) is 12.3. The van der Waals surface area contributed by atoms with E-state index in [1.54, 1.807) is 0 Å². The number of hydrogen-bond acceptors (Lipinski definition) is 5. The molecule has 1 aromatic rings. The normalized spacial score (nSPS) is 14.6. The predicted octanol–water partition coefficient (Wildman–Crippen LogP) is -1.40. The summed E-state index contributed by atoms with van der Waals surface area (Å²) in [6, 6.07) is 0. The Bertz CT molecular complexity index is 602. The first-order valence-corrected chi connectivity index (χ1v) is 6.28. The number of guanidine groups is 1. The van der Waals surface area contributed by atoms with Crippen LogP contribution >= 0.6 is 0 Å². The molecule has 20 heavy (non-hydrogen) atoms. The van der Waals surface area contributed by atoms with E-state index in [0.29, 0.717) is 15.7 Å². The van der Waals surface area contributed by atoms with Crippen molar-refractivity contribution >= 4 is 29.3 Å². The molecule has 0 fully saturated rings. The molecule has 0 aromatic carbocycles. The van der Waals surface area contributed by atoms with Crippen molar-refractivity contribution in [2.45, 2.75) is 13.1 Å². The van der Waals surface area contributed by atoms with Gasteiger partial charge in [0.2, 0.25) is 5.96 Å². The number of aromatic nitrogens is 2. The van der Waals surface area contributed by atoms with Gasteiger partial charge in [-0.15, -0.1) is 9.52 Å². The summed E-state index contributed by atoms with van der Waals surface area (Å²) in [6.45, 7) is 0.226. The largest absolute Gasteiger partial charge is 0.465 e. The monoisotopic (exact) mass is 301 g/mol. The second-order valence-corrected chi connectivity index (χ2v) is 4.62. The van der Waals surface area contributed by atoms with Crippen LogP contribution in [0.15, 0.2) is 11.3 Å². The highest BCUT2D eigenvalue weighted by Crippen LogP contribution is 2.22. The molecular formula is C8H11N7O4S. The van der Waals surface area contributed by atoms with Crippen molar-refractivity contribution in [3.8, 4) is 0 Å². The van der Waals surface area contributed by atoms with Crippen LogP contribution in [0.25, 0.3) is 0 Å². The molecule has 1 aromatic heterocycles. The van der Waals surface area contributed by atoms with E-state index < -0.39 is 23.3 Å². The predicted molar refractivity (Wildman–Crippen MR) is 68.4 cm³/mol. The molecule has 1 unspecified atom stereocenters. The minimum atomic E-state index is -2.56. The Morgan fingerprint density at radius 2 is 2.20 bits per heavy atom. The minimum absolute atomic E-state index is 0.0634. The van der Waals surface area contributed by atoms with E-state index in [4.69, 9.17) is 21.1 Å². The van der Waals surface area contributed by atoms with E-state index in [9.17, 15) is 9.00 Å². The Kier molecular flexibility index (Phi) is 3.67. The Balaban J connectivity index is 2.33. The van der Waals surface area contributed by atoms with Gasteiger partial charge in [0.15, 0.2) is 0 Å². The van der Waals surface area contributed by atoms with Crippen molar-refractivity contribution < 1.29 is 18.7 Å². The number of rotatable bonds is 3. The summed E-state index contributed by atoms with van der Waals surface area (Å²) in [4.78, 5) is 19.8. The van der Waals surface area contributed by atoms with Crippen LogP contribution in [0.3, 0.4) is 0 Å². The first kappa shape index (κ1) is 14.0. The number of carbonyl (C=O) groups is 1. The Hall–Kier alpha value is -2.47. The van der Waals surface area contributed by atoms with Crippen LogP contribution in [0, 0.1) is 0 Å². The lowest BCUT2D eigenvalue weighted by Crippen LogP contribution is -2.31. The average molecular weight is 301 g/mol. The molecule has 0 saturated heterocycles. The van der Waals surface area contributed by atoms with E-state index in [1.165, 1.54) is 6.20 Å². The molecule has 2 rings (SSSR count). The van der Waals surface area contributed by atoms with E-state index in [-0.39, 0.29) is 19.0 Å². The standard InChI is InChI=1S/C8H11N7O4S/c9-6(10)13-15(20(18)19)7-11-1-4-2-14(8(16)17)3-5(4)12-7/h1H,2-3H2,(H,16,17)(H,18,19)(H4,9,10,13). The fourth-order valence-corrected chi connectivity index (χ4v) is 2.02. The van der Waals surface area contributed by atoms with Gasteiger partial charge >= 0.3 is 6.09 Å². The van der Waals surface area contributed by atoms with Crippen LogP contribution in [0.4, 0.5) is 10.7 Å². The topological polar surface area (TPSA) is 171 Å². The number of anilines is 1. The lowest BCUT2D eigenvalue weighted by Gasteiger charge is -2.12. The second-order valence-electron chi connectivity index (χ2n) is 3.81. The van der Waals surface area contributed by atoms with Crippen molar-refractivity contribution in [3.63, 3.8) is 0 Å². The summed E-state index contributed by atoms with van der Waals surface area (Å²) >= 11 is -2.56. The summed E-state index contributed by atoms with van der Waals surface area (Å²) in [5.74, 6) is -0.645. The van der Waals surface area contributed by atoms with E-state index in [2.05, 4.69) is 15.1 Å². The van der Waals surface area contributed by atoms with E-state index >= 15 is 0 Å². The molecule has 0 aliphatic carbocycles. The van der Waals surface area contributed by atoms with Gasteiger partial charge in [-0.05, 0) is 0 Å². The number of nitrogens with two attached hydrogens (primary N) is 2. The zero-order chi connectivity index (χ0) is 14.9. The molecule has 1 aliphatic heterocycles. The molecule has 1 aliphatic rings. The molecule has 1 amide bonds. The van der Waals surface area contributed by atoms with Crippen LogP contribution in [-0.2, 0) is 24.4 Å². The maximum atomic E-state index is 11.1. The number of nitrogens with zero attached hydrogens (tertiary/aromatic N) is 5. The zero-order valence-corrected chi connectivity index (χ0v) is 10.8. The summed E-state index contributed by atoms with van der Waals surface area (Å²) in [7, 11) is 0. The average Bonchev–Trinajstić information content (AvgIpc) is 2.78. The molecule has 0 saturated carbocycles. The maximum absolute atomic E-state index is 11.1. The first-order valence-electron chi connectivity index (χ1n) is 5.21. The summed E-state index contributed by atoms with van der Waals surface area (Å²) in [5.41, 5.74) is 11.3. The molecule has 0 spiro atoms. The first-order chi connectivity index (χ1) is 9.38. The highest BCUT2D eigenvalue weighted by molar-refractivity contribution is 7.80. The van der Waals surface area contributed by atoms with E-state index in [0.717, 1.165) is 4.90 Å². The quantitative estimate of drug-likeness (QED) is 0.228. The van der Waals surface area contributed by atoms with Crippen LogP contribution in [0.2, 0.25) is 0 Å². The molecule has 0 bridgehead atoms. The Morgan fingerprint density at radius 1 is 1.50 bits per heavy atom. The second kappa shape index (κ2) is 5.26. The van der Waals surface area contributed by atoms with E-state index in [1.807, 2.05) is 0 Å². The molecule has 11 nitrogen and oxygen atoms in total. The highest BCUT2D eigenvalue weighted by atomic mass is 32.2. The van der Waals surface area contributed by atoms with Crippen molar-refractivity contribution in [1.29, 1.82) is 0 Å². The van der Waals surface area contributed by atoms with Gasteiger partial charge < -0.3 is 16.6 Å². The summed E-state index contributed by atoms with van der Waals surface area (Å²) < 4.78 is 20.8. The SMILES string of the molecule is NC(N)=NN(c1ncc2c(n1)CN(C(=O)O)C2)S(=O)O. The number of amides is 1.